The van der Waals surface area contributed by atoms with Crippen LogP contribution in [0.25, 0.3) is 0 Å². The third kappa shape index (κ3) is 2.41. The van der Waals surface area contributed by atoms with Gasteiger partial charge in [-0.3, -0.25) is 0 Å². The van der Waals surface area contributed by atoms with Gasteiger partial charge >= 0.3 is 0 Å². The van der Waals surface area contributed by atoms with Gasteiger partial charge in [-0.05, 0) is 24.3 Å². The minimum Gasteiger partial charge on any atom is -0.376 e. The Bertz CT molecular complexity index is 584. The first-order valence-electron chi connectivity index (χ1n) is 5.61. The molecule has 4 heteroatoms. The number of benzene rings is 1. The van der Waals surface area contributed by atoms with Gasteiger partial charge in [-0.15, -0.1) is 0 Å². The van der Waals surface area contributed by atoms with E-state index in [1.54, 1.807) is 12.3 Å². The summed E-state index contributed by atoms with van der Waals surface area (Å²) in [4.78, 5) is 6.05. The van der Waals surface area contributed by atoms with Crippen molar-refractivity contribution in [1.82, 2.24) is 4.98 Å². The summed E-state index contributed by atoms with van der Waals surface area (Å²) in [6, 6.07) is 13.7. The molecule has 1 aromatic carbocycles. The van der Waals surface area contributed by atoms with Crippen molar-refractivity contribution in [3.8, 4) is 6.07 Å². The molecule has 2 aromatic rings. The number of rotatable bonds is 3. The van der Waals surface area contributed by atoms with Crippen molar-refractivity contribution in [3.63, 3.8) is 0 Å². The molecule has 0 atom stereocenters. The number of nitrogens with one attached hydrogen (secondary N) is 1. The molecule has 0 amide bonds. The van der Waals surface area contributed by atoms with Gasteiger partial charge in [-0.2, -0.15) is 5.26 Å². The highest BCUT2D eigenvalue weighted by Gasteiger charge is 2.06. The highest BCUT2D eigenvalue weighted by Crippen LogP contribution is 2.27. The lowest BCUT2D eigenvalue weighted by atomic mass is 10.2. The highest BCUT2D eigenvalue weighted by atomic mass is 15.1. The van der Waals surface area contributed by atoms with Crippen LogP contribution in [0.15, 0.2) is 42.6 Å². The van der Waals surface area contributed by atoms with Gasteiger partial charge in [0.05, 0.1) is 17.1 Å². The first-order chi connectivity index (χ1) is 8.72. The van der Waals surface area contributed by atoms with Gasteiger partial charge in [0.2, 0.25) is 0 Å². The number of nitriles is 1. The van der Waals surface area contributed by atoms with E-state index < -0.39 is 0 Å². The predicted octanol–water partition coefficient (Wildman–Crippen LogP) is 2.76. The number of hydrogen-bond acceptors (Lipinski definition) is 4. The Labute approximate surface area is 107 Å². The monoisotopic (exact) mass is 238 g/mol. The normalized spacial score (nSPS) is 9.61. The molecular formula is C14H14N4. The van der Waals surface area contributed by atoms with Gasteiger partial charge in [-0.25, -0.2) is 4.98 Å². The third-order valence-corrected chi connectivity index (χ3v) is 2.57. The van der Waals surface area contributed by atoms with Crippen LogP contribution in [0.1, 0.15) is 5.69 Å². The van der Waals surface area contributed by atoms with E-state index in [1.165, 1.54) is 0 Å². The molecule has 18 heavy (non-hydrogen) atoms. The van der Waals surface area contributed by atoms with Gasteiger partial charge in [0, 0.05) is 20.3 Å². The van der Waals surface area contributed by atoms with Crippen LogP contribution in [0.4, 0.5) is 17.1 Å². The van der Waals surface area contributed by atoms with Crippen LogP contribution < -0.4 is 10.2 Å². The minimum absolute atomic E-state index is 0.394. The van der Waals surface area contributed by atoms with Crippen LogP contribution in [0.3, 0.4) is 0 Å². The van der Waals surface area contributed by atoms with Crippen molar-refractivity contribution in [2.24, 2.45) is 0 Å². The summed E-state index contributed by atoms with van der Waals surface area (Å²) in [6.45, 7) is 0. The van der Waals surface area contributed by atoms with Crippen molar-refractivity contribution in [3.05, 3.63) is 48.3 Å². The lowest BCUT2D eigenvalue weighted by molar-refractivity contribution is 1.13. The zero-order valence-corrected chi connectivity index (χ0v) is 10.4. The number of aromatic nitrogens is 1. The van der Waals surface area contributed by atoms with Gasteiger partial charge in [-0.1, -0.05) is 12.1 Å². The zero-order chi connectivity index (χ0) is 13.0. The summed E-state index contributed by atoms with van der Waals surface area (Å²) in [5, 5.41) is 12.3. The smallest absolute Gasteiger partial charge is 0.163 e. The van der Waals surface area contributed by atoms with Crippen LogP contribution >= 0.6 is 0 Å². The molecule has 0 aliphatic rings. The average Bonchev–Trinajstić information content (AvgIpc) is 2.40. The van der Waals surface area contributed by atoms with E-state index >= 15 is 0 Å². The van der Waals surface area contributed by atoms with E-state index in [0.29, 0.717) is 11.4 Å². The molecule has 0 unspecified atom stereocenters. The summed E-state index contributed by atoms with van der Waals surface area (Å²) < 4.78 is 0. The molecule has 0 saturated carbocycles. The number of anilines is 3. The molecule has 0 spiro atoms. The fourth-order valence-corrected chi connectivity index (χ4v) is 1.71. The van der Waals surface area contributed by atoms with Crippen molar-refractivity contribution in [2.75, 3.05) is 24.3 Å². The van der Waals surface area contributed by atoms with Gasteiger partial charge in [0.15, 0.2) is 5.69 Å². The van der Waals surface area contributed by atoms with E-state index in [-0.39, 0.29) is 0 Å². The standard InChI is InChI=1S/C14H14N4/c1-18(2)14-8-4-3-6-12(14)17-11-7-5-9-16-13(11)10-15/h3-9,17H,1-2H3. The third-order valence-electron chi connectivity index (χ3n) is 2.57. The Hall–Kier alpha value is -2.54. The maximum atomic E-state index is 9.01. The molecule has 0 bridgehead atoms. The molecule has 1 aromatic heterocycles. The van der Waals surface area contributed by atoms with Gasteiger partial charge in [0.1, 0.15) is 6.07 Å². The van der Waals surface area contributed by atoms with Crippen molar-refractivity contribution in [2.45, 2.75) is 0 Å². The quantitative estimate of drug-likeness (QED) is 0.893. The largest absolute Gasteiger partial charge is 0.376 e. The van der Waals surface area contributed by atoms with Crippen molar-refractivity contribution < 1.29 is 0 Å². The second kappa shape index (κ2) is 5.19. The number of nitrogens with zero attached hydrogens (tertiary/aromatic N) is 3. The molecule has 90 valence electrons. The number of pyridine rings is 1. The average molecular weight is 238 g/mol. The highest BCUT2D eigenvalue weighted by molar-refractivity contribution is 5.76. The van der Waals surface area contributed by atoms with Crippen LogP contribution in [-0.2, 0) is 0 Å². The Morgan fingerprint density at radius 3 is 2.56 bits per heavy atom. The van der Waals surface area contributed by atoms with Gasteiger partial charge in [0.25, 0.3) is 0 Å². The Morgan fingerprint density at radius 1 is 1.11 bits per heavy atom. The summed E-state index contributed by atoms with van der Waals surface area (Å²) in [6.07, 6.45) is 1.61. The van der Waals surface area contributed by atoms with Crippen molar-refractivity contribution in [1.29, 1.82) is 5.26 Å². The molecule has 0 radical (unpaired) electrons. The molecule has 0 aliphatic carbocycles. The van der Waals surface area contributed by atoms with Crippen LogP contribution in [0.2, 0.25) is 0 Å². The zero-order valence-electron chi connectivity index (χ0n) is 10.4. The predicted molar refractivity (Wildman–Crippen MR) is 73.0 cm³/mol. The topological polar surface area (TPSA) is 52.0 Å². The lowest BCUT2D eigenvalue weighted by Crippen LogP contribution is -2.11. The first-order valence-corrected chi connectivity index (χ1v) is 5.61. The molecule has 0 aliphatic heterocycles. The molecular weight excluding hydrogens is 224 g/mol. The van der Waals surface area contributed by atoms with E-state index in [1.807, 2.05) is 49.3 Å². The molecule has 0 saturated heterocycles. The molecule has 0 fully saturated rings. The summed E-state index contributed by atoms with van der Waals surface area (Å²) in [5.41, 5.74) is 3.12. The Balaban J connectivity index is 2.38. The Kier molecular flexibility index (Phi) is 3.44. The second-order valence-electron chi connectivity index (χ2n) is 4.05. The minimum atomic E-state index is 0.394. The van der Waals surface area contributed by atoms with E-state index in [4.69, 9.17) is 5.26 Å². The second-order valence-corrected chi connectivity index (χ2v) is 4.05. The van der Waals surface area contributed by atoms with Crippen LogP contribution in [-0.4, -0.2) is 19.1 Å². The van der Waals surface area contributed by atoms with Crippen molar-refractivity contribution >= 4 is 17.1 Å². The van der Waals surface area contributed by atoms with Gasteiger partial charge < -0.3 is 10.2 Å². The SMILES string of the molecule is CN(C)c1ccccc1Nc1cccnc1C#N. The summed E-state index contributed by atoms with van der Waals surface area (Å²) in [7, 11) is 3.96. The molecule has 1 N–H and O–H groups in total. The maximum absolute atomic E-state index is 9.01. The van der Waals surface area contributed by atoms with E-state index in [2.05, 4.69) is 16.4 Å². The molecule has 1 heterocycles. The number of para-hydroxylation sites is 2. The molecule has 4 nitrogen and oxygen atoms in total. The fraction of sp³-hybridized carbons (Fsp3) is 0.143. The first kappa shape index (κ1) is 11.9. The van der Waals surface area contributed by atoms with Crippen LogP contribution in [0, 0.1) is 11.3 Å². The van der Waals surface area contributed by atoms with E-state index in [9.17, 15) is 0 Å². The number of hydrogen-bond donors (Lipinski definition) is 1. The maximum Gasteiger partial charge on any atom is 0.163 e. The van der Waals surface area contributed by atoms with E-state index in [0.717, 1.165) is 11.4 Å². The van der Waals surface area contributed by atoms with Crippen LogP contribution in [0.5, 0.6) is 0 Å². The lowest BCUT2D eigenvalue weighted by Gasteiger charge is -2.18. The summed E-state index contributed by atoms with van der Waals surface area (Å²) >= 11 is 0. The fourth-order valence-electron chi connectivity index (χ4n) is 1.71. The Morgan fingerprint density at radius 2 is 1.83 bits per heavy atom. The molecule has 2 rings (SSSR count). The summed E-state index contributed by atoms with van der Waals surface area (Å²) in [5.74, 6) is 0.